The van der Waals surface area contributed by atoms with Gasteiger partial charge in [-0.15, -0.1) is 0 Å². The molecule has 2 N–H and O–H groups in total. The Labute approximate surface area is 204 Å². The molecule has 0 spiro atoms. The van der Waals surface area contributed by atoms with E-state index in [-0.39, 0.29) is 23.6 Å². The summed E-state index contributed by atoms with van der Waals surface area (Å²) >= 11 is 0. The van der Waals surface area contributed by atoms with Gasteiger partial charge in [0.05, 0.1) is 18.2 Å². The van der Waals surface area contributed by atoms with E-state index in [1.165, 1.54) is 17.0 Å². The predicted molar refractivity (Wildman–Crippen MR) is 132 cm³/mol. The molecule has 1 saturated heterocycles. The minimum absolute atomic E-state index is 0.00327. The fourth-order valence-electron chi connectivity index (χ4n) is 4.13. The van der Waals surface area contributed by atoms with Gasteiger partial charge >= 0.3 is 0 Å². The Morgan fingerprint density at radius 2 is 1.86 bits per heavy atom. The molecule has 4 rings (SSSR count). The number of rotatable bonds is 7. The average molecular weight is 473 g/mol. The van der Waals surface area contributed by atoms with Gasteiger partial charge < -0.3 is 19.8 Å². The number of aryl methyl sites for hydroxylation is 1. The van der Waals surface area contributed by atoms with Crippen molar-refractivity contribution in [2.45, 2.75) is 33.4 Å². The number of aliphatic hydroxyl groups is 1. The first-order valence-electron chi connectivity index (χ1n) is 11.5. The van der Waals surface area contributed by atoms with E-state index in [2.05, 4.69) is 18.8 Å². The van der Waals surface area contributed by atoms with Crippen LogP contribution in [0.25, 0.3) is 5.76 Å². The van der Waals surface area contributed by atoms with E-state index in [4.69, 9.17) is 4.74 Å². The molecule has 0 unspecified atom stereocenters. The number of ether oxygens (including phenoxy) is 1. The van der Waals surface area contributed by atoms with E-state index in [1.54, 1.807) is 48.8 Å². The number of ketones is 1. The molecule has 35 heavy (non-hydrogen) atoms. The molecular weight excluding hydrogens is 444 g/mol. The van der Waals surface area contributed by atoms with E-state index < -0.39 is 17.7 Å². The molecule has 1 fully saturated rings. The van der Waals surface area contributed by atoms with Gasteiger partial charge in [0.1, 0.15) is 17.3 Å². The zero-order valence-electron chi connectivity index (χ0n) is 19.9. The second kappa shape index (κ2) is 10.0. The molecular formula is C28H28N2O5. The smallest absolute Gasteiger partial charge is 0.295 e. The number of Topliss-reactive ketones (excluding diaryl/α,β-unsaturated/α-hetero) is 1. The van der Waals surface area contributed by atoms with E-state index in [0.29, 0.717) is 35.0 Å². The lowest BCUT2D eigenvalue weighted by atomic mass is 9.93. The molecule has 3 aromatic rings. The molecule has 0 aliphatic carbocycles. The minimum Gasteiger partial charge on any atom is -0.508 e. The summed E-state index contributed by atoms with van der Waals surface area (Å²) in [6.07, 6.45) is 3.26. The van der Waals surface area contributed by atoms with Crippen LogP contribution in [0.2, 0.25) is 0 Å². The molecule has 1 atom stereocenters. The zero-order chi connectivity index (χ0) is 25.1. The number of aromatic hydroxyl groups is 1. The summed E-state index contributed by atoms with van der Waals surface area (Å²) in [5, 5.41) is 21.1. The number of carbonyl (C=O) groups excluding carboxylic acids is 2. The van der Waals surface area contributed by atoms with Crippen molar-refractivity contribution < 1.29 is 24.5 Å². The van der Waals surface area contributed by atoms with Crippen molar-refractivity contribution in [3.8, 4) is 11.5 Å². The van der Waals surface area contributed by atoms with E-state index in [1.807, 2.05) is 13.0 Å². The highest BCUT2D eigenvalue weighted by Crippen LogP contribution is 2.41. The molecule has 0 bridgehead atoms. The van der Waals surface area contributed by atoms with E-state index >= 15 is 0 Å². The number of phenols is 1. The van der Waals surface area contributed by atoms with Gasteiger partial charge in [-0.05, 0) is 65.9 Å². The third-order valence-corrected chi connectivity index (χ3v) is 5.86. The van der Waals surface area contributed by atoms with Gasteiger partial charge in [0.15, 0.2) is 0 Å². The Kier molecular flexibility index (Phi) is 6.87. The number of benzene rings is 2. The summed E-state index contributed by atoms with van der Waals surface area (Å²) in [6, 6.07) is 14.3. The Hall–Kier alpha value is -4.13. The third kappa shape index (κ3) is 5.04. The van der Waals surface area contributed by atoms with Gasteiger partial charge in [0, 0.05) is 24.5 Å². The molecule has 180 valence electrons. The zero-order valence-corrected chi connectivity index (χ0v) is 19.9. The van der Waals surface area contributed by atoms with Crippen LogP contribution < -0.4 is 4.74 Å². The topological polar surface area (TPSA) is 100.0 Å². The molecule has 7 heteroatoms. The van der Waals surface area contributed by atoms with Crippen LogP contribution >= 0.6 is 0 Å². The molecule has 7 nitrogen and oxygen atoms in total. The summed E-state index contributed by atoms with van der Waals surface area (Å²) in [5.41, 5.74) is 2.52. The monoisotopic (exact) mass is 472 g/mol. The Bertz CT molecular complexity index is 1270. The second-order valence-corrected chi connectivity index (χ2v) is 9.06. The van der Waals surface area contributed by atoms with E-state index in [0.717, 1.165) is 5.56 Å². The molecule has 0 radical (unpaired) electrons. The van der Waals surface area contributed by atoms with Crippen LogP contribution in [-0.2, 0) is 16.1 Å². The molecule has 2 heterocycles. The number of pyridine rings is 1. The molecule has 1 amide bonds. The Morgan fingerprint density at radius 3 is 2.49 bits per heavy atom. The first-order valence-corrected chi connectivity index (χ1v) is 11.5. The number of aliphatic hydroxyl groups excluding tert-OH is 1. The summed E-state index contributed by atoms with van der Waals surface area (Å²) in [7, 11) is 0. The normalized spacial score (nSPS) is 17.3. The van der Waals surface area contributed by atoms with Gasteiger partial charge in [-0.1, -0.05) is 32.0 Å². The van der Waals surface area contributed by atoms with Crippen molar-refractivity contribution in [1.29, 1.82) is 0 Å². The molecule has 0 saturated carbocycles. The van der Waals surface area contributed by atoms with Gasteiger partial charge in [0.2, 0.25) is 0 Å². The van der Waals surface area contributed by atoms with Crippen LogP contribution in [0.15, 0.2) is 72.6 Å². The molecule has 1 aliphatic rings. The maximum Gasteiger partial charge on any atom is 0.295 e. The summed E-state index contributed by atoms with van der Waals surface area (Å²) in [4.78, 5) is 31.9. The summed E-state index contributed by atoms with van der Waals surface area (Å²) < 4.78 is 5.78. The van der Waals surface area contributed by atoms with Crippen molar-refractivity contribution in [3.05, 3.63) is 94.8 Å². The maximum atomic E-state index is 13.2. The van der Waals surface area contributed by atoms with Crippen LogP contribution in [0, 0.1) is 12.8 Å². The first-order chi connectivity index (χ1) is 16.8. The Balaban J connectivity index is 1.79. The van der Waals surface area contributed by atoms with E-state index in [9.17, 15) is 19.8 Å². The highest BCUT2D eigenvalue weighted by atomic mass is 16.5. The second-order valence-electron chi connectivity index (χ2n) is 9.06. The summed E-state index contributed by atoms with van der Waals surface area (Å²) in [6.45, 7) is 6.63. The number of aromatic nitrogens is 1. The van der Waals surface area contributed by atoms with Gasteiger partial charge in [-0.25, -0.2) is 0 Å². The van der Waals surface area contributed by atoms with Crippen molar-refractivity contribution in [2.24, 2.45) is 5.92 Å². The van der Waals surface area contributed by atoms with Crippen molar-refractivity contribution in [3.63, 3.8) is 0 Å². The lowest BCUT2D eigenvalue weighted by Gasteiger charge is -2.25. The van der Waals surface area contributed by atoms with Crippen molar-refractivity contribution in [2.75, 3.05) is 6.61 Å². The number of hydrogen-bond donors (Lipinski definition) is 2. The molecule has 1 aliphatic heterocycles. The standard InChI is InChI=1S/C28H28N2O5/c1-17(2)16-35-22-10-11-23(18(3)13-22)26(32)24-25(20-6-8-21(31)9-7-20)30(28(34)27(24)33)15-19-5-4-12-29-14-19/h4-14,17,25,31-32H,15-16H2,1-3H3/b26-24+/t25-/m0/s1. The average Bonchev–Trinajstić information content (AvgIpc) is 3.08. The lowest BCUT2D eigenvalue weighted by molar-refractivity contribution is -0.140. The Morgan fingerprint density at radius 1 is 1.11 bits per heavy atom. The number of carbonyl (C=O) groups is 2. The third-order valence-electron chi connectivity index (χ3n) is 5.86. The lowest BCUT2D eigenvalue weighted by Crippen LogP contribution is -2.29. The van der Waals surface area contributed by atoms with Gasteiger partial charge in [-0.3, -0.25) is 14.6 Å². The van der Waals surface area contributed by atoms with Crippen LogP contribution in [-0.4, -0.2) is 38.4 Å². The highest BCUT2D eigenvalue weighted by molar-refractivity contribution is 6.46. The molecule has 2 aromatic carbocycles. The van der Waals surface area contributed by atoms with Crippen LogP contribution in [0.5, 0.6) is 11.5 Å². The van der Waals surface area contributed by atoms with Crippen molar-refractivity contribution in [1.82, 2.24) is 9.88 Å². The largest absolute Gasteiger partial charge is 0.508 e. The SMILES string of the molecule is Cc1cc(OCC(C)C)ccc1/C(O)=C1\C(=O)C(=O)N(Cc2cccnc2)[C@H]1c1ccc(O)cc1. The maximum absolute atomic E-state index is 13.2. The van der Waals surface area contributed by atoms with Gasteiger partial charge in [0.25, 0.3) is 11.7 Å². The van der Waals surface area contributed by atoms with Crippen LogP contribution in [0.4, 0.5) is 0 Å². The number of likely N-dealkylation sites (tertiary alicyclic amines) is 1. The number of amides is 1. The fraction of sp³-hybridized carbons (Fsp3) is 0.250. The predicted octanol–water partition coefficient (Wildman–Crippen LogP) is 4.75. The minimum atomic E-state index is -0.827. The highest BCUT2D eigenvalue weighted by Gasteiger charge is 2.46. The first kappa shape index (κ1) is 24.0. The van der Waals surface area contributed by atoms with Crippen LogP contribution in [0.1, 0.15) is 42.1 Å². The van der Waals surface area contributed by atoms with Gasteiger partial charge in [-0.2, -0.15) is 0 Å². The number of hydrogen-bond acceptors (Lipinski definition) is 6. The van der Waals surface area contributed by atoms with Crippen LogP contribution in [0.3, 0.4) is 0 Å². The quantitative estimate of drug-likeness (QED) is 0.292. The number of phenolic OH excluding ortho intramolecular Hbond substituents is 1. The summed E-state index contributed by atoms with van der Waals surface area (Å²) in [5.74, 6) is -0.620. The number of nitrogens with zero attached hydrogens (tertiary/aromatic N) is 2. The fourth-order valence-corrected chi connectivity index (χ4v) is 4.13. The molecule has 1 aromatic heterocycles. The van der Waals surface area contributed by atoms with Crippen molar-refractivity contribution >= 4 is 17.4 Å².